The molecule has 6 nitrogen and oxygen atoms in total. The Morgan fingerprint density at radius 1 is 1.15 bits per heavy atom. The number of carbonyl (C=O) groups is 3. The van der Waals surface area contributed by atoms with Crippen molar-refractivity contribution in [3.63, 3.8) is 0 Å². The normalized spacial score (nSPS) is 40.5. The molecule has 2 rings (SSSR count). The summed E-state index contributed by atoms with van der Waals surface area (Å²) < 4.78 is 0. The minimum absolute atomic E-state index is 0.0107. The molecule has 0 aromatic heterocycles. The van der Waals surface area contributed by atoms with Crippen LogP contribution in [0.1, 0.15) is 45.4 Å². The van der Waals surface area contributed by atoms with Crippen LogP contribution < -0.4 is 10.6 Å². The number of aldehydes is 2. The van der Waals surface area contributed by atoms with Crippen LogP contribution in [0.25, 0.3) is 0 Å². The van der Waals surface area contributed by atoms with Gasteiger partial charge in [-0.05, 0) is 38.5 Å². The van der Waals surface area contributed by atoms with Gasteiger partial charge in [0, 0.05) is 19.0 Å². The second-order valence-corrected chi connectivity index (χ2v) is 6.22. The molecule has 0 radical (unpaired) electrons. The maximum atomic E-state index is 11.5. The molecule has 1 amide bonds. The van der Waals surface area contributed by atoms with Crippen molar-refractivity contribution < 1.29 is 19.5 Å². The van der Waals surface area contributed by atoms with Crippen molar-refractivity contribution >= 4 is 18.5 Å². The highest BCUT2D eigenvalue weighted by atomic mass is 16.3. The molecule has 3 N–H and O–H groups in total. The molecule has 0 aromatic rings. The Kier molecular flexibility index (Phi) is 4.25. The molecule has 20 heavy (non-hydrogen) atoms. The van der Waals surface area contributed by atoms with Gasteiger partial charge in [0.2, 0.25) is 5.91 Å². The monoisotopic (exact) mass is 282 g/mol. The lowest BCUT2D eigenvalue weighted by atomic mass is 9.96. The van der Waals surface area contributed by atoms with Gasteiger partial charge in [-0.25, -0.2) is 0 Å². The minimum atomic E-state index is -1.25. The van der Waals surface area contributed by atoms with E-state index in [-0.39, 0.29) is 18.0 Å². The molecule has 0 saturated heterocycles. The van der Waals surface area contributed by atoms with E-state index in [0.717, 1.165) is 12.7 Å². The van der Waals surface area contributed by atoms with Crippen LogP contribution in [0, 0.1) is 0 Å². The first kappa shape index (κ1) is 15.1. The summed E-state index contributed by atoms with van der Waals surface area (Å²) in [5.74, 6) is -0.0899. The van der Waals surface area contributed by atoms with Crippen LogP contribution in [0.3, 0.4) is 0 Å². The zero-order valence-corrected chi connectivity index (χ0v) is 11.7. The van der Waals surface area contributed by atoms with Gasteiger partial charge in [-0.1, -0.05) is 0 Å². The molecular weight excluding hydrogens is 260 g/mol. The van der Waals surface area contributed by atoms with E-state index in [9.17, 15) is 19.5 Å². The summed E-state index contributed by atoms with van der Waals surface area (Å²) in [7, 11) is 0. The number of hydrogen-bond acceptors (Lipinski definition) is 5. The highest BCUT2D eigenvalue weighted by molar-refractivity contribution is 5.74. The van der Waals surface area contributed by atoms with Crippen molar-refractivity contribution in [3.8, 4) is 0 Å². The smallest absolute Gasteiger partial charge is 0.217 e. The van der Waals surface area contributed by atoms with E-state index in [0.29, 0.717) is 38.4 Å². The number of hydrogen-bond donors (Lipinski definition) is 3. The van der Waals surface area contributed by atoms with Gasteiger partial charge in [-0.2, -0.15) is 0 Å². The Morgan fingerprint density at radius 3 is 2.40 bits per heavy atom. The van der Waals surface area contributed by atoms with E-state index >= 15 is 0 Å². The number of rotatable bonds is 5. The van der Waals surface area contributed by atoms with Crippen molar-refractivity contribution in [2.75, 3.05) is 0 Å². The van der Waals surface area contributed by atoms with Crippen molar-refractivity contribution in [2.24, 2.45) is 0 Å². The summed E-state index contributed by atoms with van der Waals surface area (Å²) >= 11 is 0. The molecule has 4 atom stereocenters. The second-order valence-electron chi connectivity index (χ2n) is 6.22. The highest BCUT2D eigenvalue weighted by Gasteiger charge is 2.44. The SMILES string of the molecule is CC(=O)NC1CCC(C=O)(NC2CCC(O)(C=O)C2)C1. The predicted octanol–water partition coefficient (Wildman–Crippen LogP) is -0.315. The number of amides is 1. The maximum absolute atomic E-state index is 11.5. The molecule has 2 aliphatic carbocycles. The van der Waals surface area contributed by atoms with Gasteiger partial charge >= 0.3 is 0 Å². The zero-order chi connectivity index (χ0) is 14.8. The predicted molar refractivity (Wildman–Crippen MR) is 72.0 cm³/mol. The number of nitrogens with one attached hydrogen (secondary N) is 2. The molecule has 0 aromatic carbocycles. The Hall–Kier alpha value is -1.27. The third kappa shape index (κ3) is 3.24. The molecule has 2 aliphatic rings. The van der Waals surface area contributed by atoms with Crippen molar-refractivity contribution in [2.45, 2.75) is 68.7 Å². The fourth-order valence-electron chi connectivity index (χ4n) is 3.45. The van der Waals surface area contributed by atoms with Gasteiger partial charge in [-0.3, -0.25) is 4.79 Å². The van der Waals surface area contributed by atoms with Crippen LogP contribution in [0.5, 0.6) is 0 Å². The quantitative estimate of drug-likeness (QED) is 0.601. The first-order valence-corrected chi connectivity index (χ1v) is 7.10. The Morgan fingerprint density at radius 2 is 1.85 bits per heavy atom. The van der Waals surface area contributed by atoms with Gasteiger partial charge in [0.25, 0.3) is 0 Å². The largest absolute Gasteiger partial charge is 0.382 e. The van der Waals surface area contributed by atoms with Gasteiger partial charge < -0.3 is 25.3 Å². The van der Waals surface area contributed by atoms with Crippen LogP contribution in [0.4, 0.5) is 0 Å². The molecule has 0 aliphatic heterocycles. The van der Waals surface area contributed by atoms with Crippen molar-refractivity contribution in [1.29, 1.82) is 0 Å². The maximum Gasteiger partial charge on any atom is 0.217 e. The molecule has 2 saturated carbocycles. The van der Waals surface area contributed by atoms with Crippen LogP contribution in [-0.2, 0) is 14.4 Å². The summed E-state index contributed by atoms with van der Waals surface area (Å²) in [5.41, 5.74) is -1.90. The van der Waals surface area contributed by atoms with Gasteiger partial charge in [0.1, 0.15) is 11.9 Å². The molecular formula is C14H22N2O4. The average Bonchev–Trinajstić information content (AvgIpc) is 2.95. The summed E-state index contributed by atoms with van der Waals surface area (Å²) in [6, 6.07) is -0.0250. The van der Waals surface area contributed by atoms with Gasteiger partial charge in [0.15, 0.2) is 6.29 Å². The Balaban J connectivity index is 1.95. The third-order valence-corrected chi connectivity index (χ3v) is 4.42. The molecule has 112 valence electrons. The lowest BCUT2D eigenvalue weighted by Gasteiger charge is -2.29. The number of carbonyl (C=O) groups excluding carboxylic acids is 3. The highest BCUT2D eigenvalue weighted by Crippen LogP contribution is 2.34. The summed E-state index contributed by atoms with van der Waals surface area (Å²) in [4.78, 5) is 33.4. The van der Waals surface area contributed by atoms with E-state index < -0.39 is 11.1 Å². The fourth-order valence-corrected chi connectivity index (χ4v) is 3.45. The van der Waals surface area contributed by atoms with Crippen LogP contribution >= 0.6 is 0 Å². The molecule has 6 heteroatoms. The van der Waals surface area contributed by atoms with Crippen LogP contribution in [0.2, 0.25) is 0 Å². The molecule has 0 spiro atoms. The van der Waals surface area contributed by atoms with Gasteiger partial charge in [0.05, 0.1) is 5.54 Å². The standard InChI is InChI=1S/C14H22N2O4/c1-10(19)15-11-2-4-13(6-11,8-17)16-12-3-5-14(20,7-12)9-18/h8-9,11-12,16,20H,2-7H2,1H3,(H,15,19). The Labute approximate surface area is 118 Å². The lowest BCUT2D eigenvalue weighted by molar-refractivity contribution is -0.123. The molecule has 4 unspecified atom stereocenters. The van der Waals surface area contributed by atoms with Crippen LogP contribution in [0.15, 0.2) is 0 Å². The summed E-state index contributed by atoms with van der Waals surface area (Å²) in [6.07, 6.45) is 4.94. The second kappa shape index (κ2) is 5.61. The van der Waals surface area contributed by atoms with E-state index in [2.05, 4.69) is 10.6 Å². The third-order valence-electron chi connectivity index (χ3n) is 4.42. The average molecular weight is 282 g/mol. The van der Waals surface area contributed by atoms with E-state index in [1.54, 1.807) is 0 Å². The Bertz CT molecular complexity index is 414. The first-order valence-electron chi connectivity index (χ1n) is 7.10. The summed E-state index contributed by atoms with van der Waals surface area (Å²) in [6.45, 7) is 1.47. The van der Waals surface area contributed by atoms with E-state index in [1.807, 2.05) is 0 Å². The van der Waals surface area contributed by atoms with Gasteiger partial charge in [-0.15, -0.1) is 0 Å². The van der Waals surface area contributed by atoms with E-state index in [1.165, 1.54) is 6.92 Å². The first-order chi connectivity index (χ1) is 9.40. The van der Waals surface area contributed by atoms with E-state index in [4.69, 9.17) is 0 Å². The number of aliphatic hydroxyl groups is 1. The topological polar surface area (TPSA) is 95.5 Å². The van der Waals surface area contributed by atoms with Crippen molar-refractivity contribution in [1.82, 2.24) is 10.6 Å². The van der Waals surface area contributed by atoms with Crippen LogP contribution in [-0.4, -0.2) is 46.8 Å². The fraction of sp³-hybridized carbons (Fsp3) is 0.786. The summed E-state index contributed by atoms with van der Waals surface area (Å²) in [5, 5.41) is 16.1. The van der Waals surface area contributed by atoms with Crippen molar-refractivity contribution in [3.05, 3.63) is 0 Å². The molecule has 0 heterocycles. The lowest BCUT2D eigenvalue weighted by Crippen LogP contribution is -2.51. The molecule has 0 bridgehead atoms. The molecule has 2 fully saturated rings. The minimum Gasteiger partial charge on any atom is -0.382 e. The zero-order valence-electron chi connectivity index (χ0n) is 11.7.